The maximum atomic E-state index is 12.6. The van der Waals surface area contributed by atoms with Crippen LogP contribution >= 0.6 is 0 Å². The zero-order valence-corrected chi connectivity index (χ0v) is 32.6. The van der Waals surface area contributed by atoms with Crippen LogP contribution in [-0.4, -0.2) is 75.5 Å². The highest BCUT2D eigenvalue weighted by atomic mass is 16.6. The molecule has 0 saturated heterocycles. The lowest BCUT2D eigenvalue weighted by Gasteiger charge is -2.34. The van der Waals surface area contributed by atoms with E-state index in [1.807, 2.05) is 0 Å². The van der Waals surface area contributed by atoms with Gasteiger partial charge in [-0.1, -0.05) is 142 Å². The number of nitrogens with zero attached hydrogens (tertiary/aromatic N) is 1. The molecule has 0 fully saturated rings. The van der Waals surface area contributed by atoms with E-state index < -0.39 is 18.1 Å². The summed E-state index contributed by atoms with van der Waals surface area (Å²) in [4.78, 5) is 36.7. The lowest BCUT2D eigenvalue weighted by atomic mass is 10.0. The van der Waals surface area contributed by atoms with Gasteiger partial charge in [-0.05, 0) is 32.1 Å². The average Bonchev–Trinajstić information content (AvgIpc) is 3.05. The summed E-state index contributed by atoms with van der Waals surface area (Å²) in [5.74, 6) is -1.74. The SMILES string of the molecule is CCCC/C=C\CCCCCCCC(=O)OC(COCCC(C(=O)[O-])[N+](C)(C)C)COC(=O)CCCCCCCCCCCCCCCC. The Labute approximate surface area is 301 Å². The molecular weight excluding hydrogens is 618 g/mol. The third kappa shape index (κ3) is 31.8. The van der Waals surface area contributed by atoms with Gasteiger partial charge >= 0.3 is 11.9 Å². The molecule has 0 spiro atoms. The second kappa shape index (κ2) is 33.2. The van der Waals surface area contributed by atoms with E-state index in [1.165, 1.54) is 96.3 Å². The Morgan fingerprint density at radius 1 is 0.592 bits per heavy atom. The van der Waals surface area contributed by atoms with Crippen molar-refractivity contribution in [3.63, 3.8) is 0 Å². The number of carbonyl (C=O) groups is 3. The second-order valence-electron chi connectivity index (χ2n) is 14.9. The zero-order chi connectivity index (χ0) is 36.4. The fourth-order valence-corrected chi connectivity index (χ4v) is 5.93. The molecular formula is C41H77NO7. The van der Waals surface area contributed by atoms with E-state index in [0.717, 1.165) is 51.4 Å². The molecule has 0 aliphatic rings. The predicted octanol–water partition coefficient (Wildman–Crippen LogP) is 9.02. The number of hydrogen-bond donors (Lipinski definition) is 0. The van der Waals surface area contributed by atoms with Crippen molar-refractivity contribution in [3.8, 4) is 0 Å². The molecule has 49 heavy (non-hydrogen) atoms. The van der Waals surface area contributed by atoms with Crippen LogP contribution in [0.15, 0.2) is 12.2 Å². The molecule has 0 amide bonds. The van der Waals surface area contributed by atoms with Crippen molar-refractivity contribution >= 4 is 17.9 Å². The molecule has 0 aromatic carbocycles. The molecule has 0 aliphatic carbocycles. The highest BCUT2D eigenvalue weighted by Crippen LogP contribution is 2.15. The van der Waals surface area contributed by atoms with Gasteiger partial charge in [0, 0.05) is 19.3 Å². The van der Waals surface area contributed by atoms with Gasteiger partial charge in [0.25, 0.3) is 0 Å². The molecule has 8 heteroatoms. The van der Waals surface area contributed by atoms with E-state index in [-0.39, 0.29) is 42.7 Å². The highest BCUT2D eigenvalue weighted by Gasteiger charge is 2.25. The number of carboxylic acid groups (broad SMARTS) is 1. The Morgan fingerprint density at radius 2 is 1.04 bits per heavy atom. The van der Waals surface area contributed by atoms with E-state index >= 15 is 0 Å². The van der Waals surface area contributed by atoms with Crippen LogP contribution in [0.1, 0.15) is 181 Å². The van der Waals surface area contributed by atoms with Gasteiger partial charge in [0.1, 0.15) is 12.6 Å². The summed E-state index contributed by atoms with van der Waals surface area (Å²) in [6, 6.07) is -0.721. The molecule has 0 aromatic rings. The number of hydrogen-bond acceptors (Lipinski definition) is 7. The number of ether oxygens (including phenoxy) is 3. The van der Waals surface area contributed by atoms with Crippen LogP contribution in [0.3, 0.4) is 0 Å². The topological polar surface area (TPSA) is 102 Å². The number of aliphatic carboxylic acids is 1. The zero-order valence-electron chi connectivity index (χ0n) is 32.6. The highest BCUT2D eigenvalue weighted by molar-refractivity contribution is 5.70. The summed E-state index contributed by atoms with van der Waals surface area (Å²) in [5, 5.41) is 11.6. The first kappa shape index (κ1) is 47.1. The van der Waals surface area contributed by atoms with Gasteiger partial charge in [0.05, 0.1) is 40.3 Å². The second-order valence-corrected chi connectivity index (χ2v) is 14.9. The molecule has 0 bridgehead atoms. The van der Waals surface area contributed by atoms with Crippen molar-refractivity contribution in [1.82, 2.24) is 0 Å². The first-order chi connectivity index (χ1) is 23.6. The normalized spacial score (nSPS) is 13.1. The number of unbranched alkanes of at least 4 members (excludes halogenated alkanes) is 20. The van der Waals surface area contributed by atoms with Crippen LogP contribution in [0, 0.1) is 0 Å². The first-order valence-corrected chi connectivity index (χ1v) is 20.2. The van der Waals surface area contributed by atoms with Crippen LogP contribution in [-0.2, 0) is 28.6 Å². The third-order valence-electron chi connectivity index (χ3n) is 9.15. The molecule has 0 aliphatic heterocycles. The van der Waals surface area contributed by atoms with Crippen LogP contribution in [0.5, 0.6) is 0 Å². The average molecular weight is 696 g/mol. The molecule has 288 valence electrons. The van der Waals surface area contributed by atoms with Gasteiger partial charge in [-0.2, -0.15) is 0 Å². The van der Waals surface area contributed by atoms with Crippen LogP contribution in [0.2, 0.25) is 0 Å². The summed E-state index contributed by atoms with van der Waals surface area (Å²) in [7, 11) is 5.40. The predicted molar refractivity (Wildman–Crippen MR) is 199 cm³/mol. The Hall–Kier alpha value is -1.93. The van der Waals surface area contributed by atoms with Crippen molar-refractivity contribution in [1.29, 1.82) is 0 Å². The van der Waals surface area contributed by atoms with E-state index in [2.05, 4.69) is 26.0 Å². The van der Waals surface area contributed by atoms with E-state index in [4.69, 9.17) is 14.2 Å². The quantitative estimate of drug-likeness (QED) is 0.0279. The van der Waals surface area contributed by atoms with Gasteiger partial charge in [-0.15, -0.1) is 0 Å². The minimum atomic E-state index is -1.13. The smallest absolute Gasteiger partial charge is 0.306 e. The van der Waals surface area contributed by atoms with Crippen molar-refractivity contribution < 1.29 is 38.2 Å². The largest absolute Gasteiger partial charge is 0.544 e. The molecule has 2 atom stereocenters. The molecule has 0 rings (SSSR count). The Kier molecular flexibility index (Phi) is 31.9. The first-order valence-electron chi connectivity index (χ1n) is 20.2. The standard InChI is InChI=1S/C41H77NO7/c1-6-8-10-12-14-16-18-19-20-22-23-25-27-29-31-39(43)48-36-37(35-47-34-33-38(41(45)46)42(3,4)5)49-40(44)32-30-28-26-24-21-17-15-13-11-9-7-2/h13,15,37-38H,6-12,14,16-36H2,1-5H3/b15-13-. The van der Waals surface area contributed by atoms with Gasteiger partial charge in [0.15, 0.2) is 6.10 Å². The summed E-state index contributed by atoms with van der Waals surface area (Å²) in [5.41, 5.74) is 0. The van der Waals surface area contributed by atoms with Crippen molar-refractivity contribution in [3.05, 3.63) is 12.2 Å². The van der Waals surface area contributed by atoms with Crippen molar-refractivity contribution in [2.75, 3.05) is 41.0 Å². The lowest BCUT2D eigenvalue weighted by Crippen LogP contribution is -2.55. The van der Waals surface area contributed by atoms with Gasteiger partial charge < -0.3 is 28.6 Å². The molecule has 0 aromatic heterocycles. The van der Waals surface area contributed by atoms with Gasteiger partial charge in [0.2, 0.25) is 0 Å². The Morgan fingerprint density at radius 3 is 1.53 bits per heavy atom. The Balaban J connectivity index is 4.36. The third-order valence-corrected chi connectivity index (χ3v) is 9.15. The maximum absolute atomic E-state index is 12.6. The van der Waals surface area contributed by atoms with Gasteiger partial charge in [-0.3, -0.25) is 9.59 Å². The lowest BCUT2D eigenvalue weighted by molar-refractivity contribution is -0.889. The van der Waals surface area contributed by atoms with Gasteiger partial charge in [-0.25, -0.2) is 0 Å². The van der Waals surface area contributed by atoms with Crippen molar-refractivity contribution in [2.45, 2.75) is 193 Å². The fraction of sp³-hybridized carbons (Fsp3) is 0.878. The van der Waals surface area contributed by atoms with Crippen LogP contribution < -0.4 is 5.11 Å². The maximum Gasteiger partial charge on any atom is 0.306 e. The molecule has 0 radical (unpaired) electrons. The Bertz CT molecular complexity index is 823. The minimum Gasteiger partial charge on any atom is -0.544 e. The number of quaternary nitrogens is 1. The van der Waals surface area contributed by atoms with Crippen molar-refractivity contribution in [2.24, 2.45) is 0 Å². The molecule has 2 unspecified atom stereocenters. The van der Waals surface area contributed by atoms with E-state index in [1.54, 1.807) is 21.1 Å². The summed E-state index contributed by atoms with van der Waals surface area (Å²) >= 11 is 0. The number of likely N-dealkylation sites (N-methyl/N-ethyl adjacent to an activating group) is 1. The monoisotopic (exact) mass is 696 g/mol. The molecule has 8 nitrogen and oxygen atoms in total. The fourth-order valence-electron chi connectivity index (χ4n) is 5.93. The van der Waals surface area contributed by atoms with Crippen LogP contribution in [0.25, 0.3) is 0 Å². The number of rotatable bonds is 36. The minimum absolute atomic E-state index is 0.0422. The number of allylic oxidation sites excluding steroid dienone is 2. The van der Waals surface area contributed by atoms with E-state index in [0.29, 0.717) is 12.8 Å². The van der Waals surface area contributed by atoms with Crippen LogP contribution in [0.4, 0.5) is 0 Å². The number of carboxylic acids is 1. The molecule has 0 N–H and O–H groups in total. The number of carbonyl (C=O) groups excluding carboxylic acids is 3. The number of esters is 2. The summed E-state index contributed by atoms with van der Waals surface area (Å²) < 4.78 is 17.1. The summed E-state index contributed by atoms with van der Waals surface area (Å²) in [6.45, 7) is 4.62. The molecule has 0 saturated carbocycles. The van der Waals surface area contributed by atoms with E-state index in [9.17, 15) is 19.5 Å². The summed E-state index contributed by atoms with van der Waals surface area (Å²) in [6.07, 6.45) is 32.3. The molecule has 0 heterocycles.